The predicted octanol–water partition coefficient (Wildman–Crippen LogP) is 3.88. The topological polar surface area (TPSA) is 47.3 Å². The van der Waals surface area contributed by atoms with E-state index in [-0.39, 0.29) is 6.61 Å². The maximum Gasteiger partial charge on any atom is 0.227 e. The summed E-state index contributed by atoms with van der Waals surface area (Å²) in [7, 11) is 1.87. The third-order valence-electron chi connectivity index (χ3n) is 3.13. The van der Waals surface area contributed by atoms with Crippen LogP contribution in [0.2, 0.25) is 0 Å². The number of benzene rings is 2. The Morgan fingerprint density at radius 2 is 2.00 bits per heavy atom. The van der Waals surface area contributed by atoms with Crippen LogP contribution in [0.4, 0.5) is 10.1 Å². The minimum Gasteiger partial charge on any atom is -0.491 e. The maximum atomic E-state index is 12.1. The standard InChI is InChI=1S/C16H15FN2O2/c1-18-12-4-2-11(3-5-12)16-19-14-10-13(20-9-8-17)6-7-15(14)21-16/h2-7,10,18H,8-9H2,1H3/i17-1. The second-order valence-corrected chi connectivity index (χ2v) is 4.51. The molecule has 1 N–H and O–H groups in total. The summed E-state index contributed by atoms with van der Waals surface area (Å²) < 4.78 is 23.1. The fourth-order valence-corrected chi connectivity index (χ4v) is 2.06. The normalized spacial score (nSPS) is 10.8. The lowest BCUT2D eigenvalue weighted by Gasteiger charge is -2.01. The van der Waals surface area contributed by atoms with E-state index in [1.165, 1.54) is 0 Å². The molecule has 0 aliphatic heterocycles. The average molecular weight is 285 g/mol. The van der Waals surface area contributed by atoms with Gasteiger partial charge in [-0.25, -0.2) is 9.37 Å². The zero-order valence-corrected chi connectivity index (χ0v) is 11.6. The first-order valence-corrected chi connectivity index (χ1v) is 6.67. The van der Waals surface area contributed by atoms with E-state index in [0.717, 1.165) is 11.3 Å². The lowest BCUT2D eigenvalue weighted by Crippen LogP contribution is -1.98. The monoisotopic (exact) mass is 285 g/mol. The van der Waals surface area contributed by atoms with Crippen LogP contribution in [-0.2, 0) is 0 Å². The van der Waals surface area contributed by atoms with Crippen LogP contribution >= 0.6 is 0 Å². The fourth-order valence-electron chi connectivity index (χ4n) is 2.06. The van der Waals surface area contributed by atoms with Gasteiger partial charge in [-0.15, -0.1) is 0 Å². The van der Waals surface area contributed by atoms with Gasteiger partial charge in [-0.2, -0.15) is 0 Å². The molecule has 0 fully saturated rings. The summed E-state index contributed by atoms with van der Waals surface area (Å²) in [6.07, 6.45) is 0. The molecule has 0 aliphatic carbocycles. The average Bonchev–Trinajstić information content (AvgIpc) is 2.96. The van der Waals surface area contributed by atoms with E-state index in [1.807, 2.05) is 31.3 Å². The van der Waals surface area contributed by atoms with Crippen LogP contribution in [0.5, 0.6) is 5.75 Å². The Morgan fingerprint density at radius 3 is 2.71 bits per heavy atom. The molecule has 0 radical (unpaired) electrons. The lowest BCUT2D eigenvalue weighted by atomic mass is 10.2. The van der Waals surface area contributed by atoms with Gasteiger partial charge in [0.1, 0.15) is 24.5 Å². The summed E-state index contributed by atoms with van der Waals surface area (Å²) in [4.78, 5) is 4.45. The van der Waals surface area contributed by atoms with Gasteiger partial charge in [0.25, 0.3) is 0 Å². The van der Waals surface area contributed by atoms with Crippen molar-refractivity contribution in [2.45, 2.75) is 0 Å². The number of alkyl halides is 1. The molecule has 0 amide bonds. The van der Waals surface area contributed by atoms with Gasteiger partial charge in [0.2, 0.25) is 5.89 Å². The minimum atomic E-state index is -0.514. The summed E-state index contributed by atoms with van der Waals surface area (Å²) in [6.45, 7) is -0.471. The van der Waals surface area contributed by atoms with Crippen LogP contribution in [0, 0.1) is 0 Å². The Morgan fingerprint density at radius 1 is 1.19 bits per heavy atom. The summed E-state index contributed by atoms with van der Waals surface area (Å²) >= 11 is 0. The molecular formula is C16H15FN2O2. The molecule has 1 heterocycles. The van der Waals surface area contributed by atoms with Crippen molar-refractivity contribution >= 4 is 16.8 Å². The minimum absolute atomic E-state index is 0.0433. The molecular weight excluding hydrogens is 270 g/mol. The number of oxazole rings is 1. The molecule has 0 atom stereocenters. The summed E-state index contributed by atoms with van der Waals surface area (Å²) in [5.41, 5.74) is 3.29. The van der Waals surface area contributed by atoms with E-state index in [9.17, 15) is 4.39 Å². The van der Waals surface area contributed by atoms with E-state index in [2.05, 4.69) is 10.3 Å². The van der Waals surface area contributed by atoms with Crippen LogP contribution in [0.15, 0.2) is 46.9 Å². The van der Waals surface area contributed by atoms with E-state index in [4.69, 9.17) is 9.15 Å². The molecule has 0 saturated carbocycles. The van der Waals surface area contributed by atoms with Crippen molar-refractivity contribution in [3.8, 4) is 17.2 Å². The van der Waals surface area contributed by atoms with Gasteiger partial charge in [-0.05, 0) is 36.4 Å². The third kappa shape index (κ3) is 2.81. The molecule has 0 bridgehead atoms. The van der Waals surface area contributed by atoms with Crippen molar-refractivity contribution in [3.63, 3.8) is 0 Å². The van der Waals surface area contributed by atoms with Crippen molar-refractivity contribution in [1.82, 2.24) is 4.98 Å². The highest BCUT2D eigenvalue weighted by atomic mass is 18.2. The first kappa shape index (κ1) is 13.4. The molecule has 3 rings (SSSR count). The number of hydrogen-bond acceptors (Lipinski definition) is 4. The van der Waals surface area contributed by atoms with Crippen LogP contribution in [0.1, 0.15) is 0 Å². The molecule has 4 nitrogen and oxygen atoms in total. The molecule has 0 aliphatic rings. The molecule has 0 spiro atoms. The van der Waals surface area contributed by atoms with Crippen LogP contribution in [-0.4, -0.2) is 25.3 Å². The van der Waals surface area contributed by atoms with E-state index in [0.29, 0.717) is 22.7 Å². The second-order valence-electron chi connectivity index (χ2n) is 4.51. The number of hydrogen-bond donors (Lipinski definition) is 1. The van der Waals surface area contributed by atoms with Gasteiger partial charge in [-0.1, -0.05) is 0 Å². The zero-order chi connectivity index (χ0) is 14.7. The lowest BCUT2D eigenvalue weighted by molar-refractivity contribution is 0.273. The van der Waals surface area contributed by atoms with Gasteiger partial charge in [0.15, 0.2) is 5.58 Å². The second kappa shape index (κ2) is 5.83. The Labute approximate surface area is 121 Å². The largest absolute Gasteiger partial charge is 0.491 e. The molecule has 108 valence electrons. The first-order chi connectivity index (χ1) is 10.3. The first-order valence-electron chi connectivity index (χ1n) is 6.67. The van der Waals surface area contributed by atoms with Crippen molar-refractivity contribution in [2.75, 3.05) is 25.6 Å². The van der Waals surface area contributed by atoms with Gasteiger partial charge >= 0.3 is 0 Å². The van der Waals surface area contributed by atoms with Crippen LogP contribution < -0.4 is 10.1 Å². The molecule has 2 aromatic carbocycles. The van der Waals surface area contributed by atoms with Crippen molar-refractivity contribution in [3.05, 3.63) is 42.5 Å². The van der Waals surface area contributed by atoms with Crippen LogP contribution in [0.3, 0.4) is 0 Å². The number of nitrogens with one attached hydrogen (secondary N) is 1. The zero-order valence-electron chi connectivity index (χ0n) is 11.6. The number of rotatable bonds is 5. The van der Waals surface area contributed by atoms with Crippen molar-refractivity contribution in [2.24, 2.45) is 0 Å². The summed E-state index contributed by atoms with van der Waals surface area (Å²) in [6, 6.07) is 13.1. The number of aromatic nitrogens is 1. The number of anilines is 1. The molecule has 0 saturated heterocycles. The highest BCUT2D eigenvalue weighted by Gasteiger charge is 2.09. The molecule has 5 heteroatoms. The highest BCUT2D eigenvalue weighted by molar-refractivity contribution is 5.78. The number of ether oxygens (including phenoxy) is 1. The molecule has 21 heavy (non-hydrogen) atoms. The highest BCUT2D eigenvalue weighted by Crippen LogP contribution is 2.27. The Bertz CT molecular complexity index is 738. The summed E-state index contributed by atoms with van der Waals surface area (Å²) in [5, 5.41) is 3.06. The maximum absolute atomic E-state index is 12.1. The van der Waals surface area contributed by atoms with E-state index < -0.39 is 6.67 Å². The van der Waals surface area contributed by atoms with Gasteiger partial charge in [0.05, 0.1) is 0 Å². The number of nitrogens with zero attached hydrogens (tertiary/aromatic N) is 1. The van der Waals surface area contributed by atoms with Crippen LogP contribution in [0.25, 0.3) is 22.6 Å². The van der Waals surface area contributed by atoms with E-state index in [1.54, 1.807) is 18.2 Å². The summed E-state index contributed by atoms with van der Waals surface area (Å²) in [5.74, 6) is 1.14. The molecule has 0 unspecified atom stereocenters. The van der Waals surface area contributed by atoms with E-state index >= 15 is 0 Å². The van der Waals surface area contributed by atoms with Gasteiger partial charge in [0, 0.05) is 24.4 Å². The third-order valence-corrected chi connectivity index (χ3v) is 3.13. The molecule has 3 aromatic rings. The fraction of sp³-hybridized carbons (Fsp3) is 0.188. The SMILES string of the molecule is CNc1ccc(-c2nc3cc(OCC[18F])ccc3o2)cc1. The van der Waals surface area contributed by atoms with Gasteiger partial charge < -0.3 is 14.5 Å². The van der Waals surface area contributed by atoms with Crippen molar-refractivity contribution in [1.29, 1.82) is 0 Å². The van der Waals surface area contributed by atoms with Crippen molar-refractivity contribution < 1.29 is 13.5 Å². The Balaban J connectivity index is 1.92. The van der Waals surface area contributed by atoms with Gasteiger partial charge in [-0.3, -0.25) is 0 Å². The smallest absolute Gasteiger partial charge is 0.227 e. The number of fused-ring (bicyclic) bond motifs is 1. The Hall–Kier alpha value is -2.56. The number of halogens is 1. The quantitative estimate of drug-likeness (QED) is 0.772. The Kier molecular flexibility index (Phi) is 3.73. The predicted molar refractivity (Wildman–Crippen MR) is 80.5 cm³/mol. The molecule has 1 aromatic heterocycles.